The van der Waals surface area contributed by atoms with Gasteiger partial charge in [0.05, 0.1) is 24.6 Å². The number of carbonyl (C=O) groups is 1. The first-order valence-electron chi connectivity index (χ1n) is 5.66. The lowest BCUT2D eigenvalue weighted by atomic mass is 10.2. The van der Waals surface area contributed by atoms with Crippen LogP contribution in [0.2, 0.25) is 0 Å². The number of aromatic nitrogens is 1. The maximum atomic E-state index is 11.2. The Morgan fingerprint density at radius 1 is 1.35 bits per heavy atom. The summed E-state index contributed by atoms with van der Waals surface area (Å²) in [5.74, 6) is 0.556. The van der Waals surface area contributed by atoms with Crippen LogP contribution in [0.15, 0.2) is 34.9 Å². The minimum atomic E-state index is -0.597. The lowest BCUT2D eigenvalue weighted by molar-refractivity contribution is 0.100. The fraction of sp³-hybridized carbons (Fsp3) is 0.0769. The van der Waals surface area contributed by atoms with Gasteiger partial charge in [-0.05, 0) is 18.2 Å². The van der Waals surface area contributed by atoms with Crippen LogP contribution >= 0.6 is 15.9 Å². The summed E-state index contributed by atoms with van der Waals surface area (Å²) in [5, 5.41) is 3.06. The molecule has 0 aliphatic carbocycles. The maximum absolute atomic E-state index is 11.2. The van der Waals surface area contributed by atoms with Crippen LogP contribution in [-0.4, -0.2) is 18.0 Å². The first kappa shape index (κ1) is 14.1. The van der Waals surface area contributed by atoms with Gasteiger partial charge in [-0.1, -0.05) is 15.9 Å². The van der Waals surface area contributed by atoms with Gasteiger partial charge in [0.15, 0.2) is 0 Å². The number of carbonyl (C=O) groups excluding carboxylic acids is 1. The molecule has 6 nitrogen and oxygen atoms in total. The summed E-state index contributed by atoms with van der Waals surface area (Å²) in [6.45, 7) is 0. The van der Waals surface area contributed by atoms with Crippen molar-refractivity contribution >= 4 is 39.0 Å². The topological polar surface area (TPSA) is 103 Å². The smallest absolute Gasteiger partial charge is 0.250 e. The number of primary amides is 1. The second-order valence-corrected chi connectivity index (χ2v) is 4.94. The zero-order valence-corrected chi connectivity index (χ0v) is 12.3. The average Bonchev–Trinajstić information content (AvgIpc) is 2.40. The molecule has 7 heteroatoms. The van der Waals surface area contributed by atoms with Gasteiger partial charge in [-0.25, -0.2) is 4.98 Å². The Kier molecular flexibility index (Phi) is 4.09. The molecule has 0 bridgehead atoms. The molecular weight excluding hydrogens is 324 g/mol. The monoisotopic (exact) mass is 336 g/mol. The number of rotatable bonds is 4. The molecular formula is C13H13BrN4O2. The number of nitrogens with zero attached hydrogens (tertiary/aromatic N) is 1. The summed E-state index contributed by atoms with van der Waals surface area (Å²) in [7, 11) is 1.58. The Labute approximate surface area is 124 Å². The van der Waals surface area contributed by atoms with Crippen molar-refractivity contribution < 1.29 is 9.53 Å². The van der Waals surface area contributed by atoms with Gasteiger partial charge in [-0.2, -0.15) is 0 Å². The highest BCUT2D eigenvalue weighted by molar-refractivity contribution is 9.10. The Hall–Kier alpha value is -2.28. The summed E-state index contributed by atoms with van der Waals surface area (Å²) in [6.07, 6.45) is 1.39. The van der Waals surface area contributed by atoms with Gasteiger partial charge < -0.3 is 21.5 Å². The molecule has 0 fully saturated rings. The number of nitrogens with two attached hydrogens (primary N) is 2. The van der Waals surface area contributed by atoms with Gasteiger partial charge in [-0.15, -0.1) is 0 Å². The first-order chi connectivity index (χ1) is 9.49. The molecule has 0 atom stereocenters. The number of halogens is 1. The Bertz CT molecular complexity index is 661. The van der Waals surface area contributed by atoms with E-state index in [0.717, 1.165) is 10.2 Å². The SMILES string of the molecule is COc1cc(Br)cc(Nc2cc(C(N)=O)c(N)cn2)c1. The van der Waals surface area contributed by atoms with Gasteiger partial charge in [0, 0.05) is 16.2 Å². The molecule has 0 unspecified atom stereocenters. The number of nitrogen functional groups attached to an aromatic ring is 1. The lowest BCUT2D eigenvalue weighted by Gasteiger charge is -2.10. The molecule has 0 saturated heterocycles. The highest BCUT2D eigenvalue weighted by atomic mass is 79.9. The molecule has 1 heterocycles. The van der Waals surface area contributed by atoms with Crippen molar-refractivity contribution in [1.29, 1.82) is 0 Å². The van der Waals surface area contributed by atoms with Gasteiger partial charge in [-0.3, -0.25) is 4.79 Å². The molecule has 2 rings (SSSR count). The predicted octanol–water partition coefficient (Wildman–Crippen LogP) is 2.28. The van der Waals surface area contributed by atoms with Gasteiger partial charge in [0.2, 0.25) is 0 Å². The van der Waals surface area contributed by atoms with Crippen LogP contribution in [0, 0.1) is 0 Å². The summed E-state index contributed by atoms with van der Waals surface area (Å²) in [5.41, 5.74) is 12.1. The normalized spacial score (nSPS) is 10.1. The fourth-order valence-electron chi connectivity index (χ4n) is 1.65. The quantitative estimate of drug-likeness (QED) is 0.794. The van der Waals surface area contributed by atoms with Crippen LogP contribution in [0.4, 0.5) is 17.2 Å². The third-order valence-corrected chi connectivity index (χ3v) is 3.04. The van der Waals surface area contributed by atoms with E-state index in [1.165, 1.54) is 12.3 Å². The van der Waals surface area contributed by atoms with E-state index >= 15 is 0 Å². The average molecular weight is 337 g/mol. The molecule has 5 N–H and O–H groups in total. The Balaban J connectivity index is 2.32. The molecule has 0 aliphatic heterocycles. The van der Waals surface area contributed by atoms with Crippen LogP contribution in [0.5, 0.6) is 5.75 Å². The second-order valence-electron chi connectivity index (χ2n) is 4.03. The van der Waals surface area contributed by atoms with E-state index in [0.29, 0.717) is 11.6 Å². The zero-order chi connectivity index (χ0) is 14.7. The molecule has 1 amide bonds. The van der Waals surface area contributed by atoms with Crippen LogP contribution in [0.1, 0.15) is 10.4 Å². The molecule has 20 heavy (non-hydrogen) atoms. The Morgan fingerprint density at radius 3 is 2.75 bits per heavy atom. The molecule has 0 saturated carbocycles. The van der Waals surface area contributed by atoms with Crippen LogP contribution in [0.3, 0.4) is 0 Å². The van der Waals surface area contributed by atoms with Crippen LogP contribution < -0.4 is 21.5 Å². The number of nitrogens with one attached hydrogen (secondary N) is 1. The van der Waals surface area contributed by atoms with E-state index in [-0.39, 0.29) is 11.3 Å². The van der Waals surface area contributed by atoms with E-state index < -0.39 is 5.91 Å². The molecule has 0 spiro atoms. The van der Waals surface area contributed by atoms with Gasteiger partial charge in [0.1, 0.15) is 11.6 Å². The number of amides is 1. The highest BCUT2D eigenvalue weighted by Gasteiger charge is 2.08. The number of hydrogen-bond donors (Lipinski definition) is 3. The van der Waals surface area contributed by atoms with Crippen molar-refractivity contribution in [2.45, 2.75) is 0 Å². The second kappa shape index (κ2) is 5.79. The summed E-state index contributed by atoms with van der Waals surface area (Å²) >= 11 is 3.38. The molecule has 104 valence electrons. The third kappa shape index (κ3) is 3.18. The van der Waals surface area contributed by atoms with Crippen molar-refractivity contribution in [2.75, 3.05) is 18.2 Å². The highest BCUT2D eigenvalue weighted by Crippen LogP contribution is 2.27. The van der Waals surface area contributed by atoms with Crippen molar-refractivity contribution in [3.8, 4) is 5.75 Å². The number of methoxy groups -OCH3 is 1. The van der Waals surface area contributed by atoms with E-state index in [2.05, 4.69) is 26.2 Å². The molecule has 1 aromatic heterocycles. The number of ether oxygens (including phenoxy) is 1. The van der Waals surface area contributed by atoms with Crippen LogP contribution in [-0.2, 0) is 0 Å². The number of pyridine rings is 1. The summed E-state index contributed by atoms with van der Waals surface area (Å²) in [4.78, 5) is 15.3. The van der Waals surface area contributed by atoms with Crippen molar-refractivity contribution in [3.05, 3.63) is 40.5 Å². The largest absolute Gasteiger partial charge is 0.497 e. The minimum absolute atomic E-state index is 0.226. The summed E-state index contributed by atoms with van der Waals surface area (Å²) < 4.78 is 6.02. The maximum Gasteiger partial charge on any atom is 0.250 e. The first-order valence-corrected chi connectivity index (χ1v) is 6.46. The standard InChI is InChI=1S/C13H13BrN4O2/c1-20-9-3-7(14)2-8(4-9)18-12-5-10(13(16)19)11(15)6-17-12/h2-6H,15H2,1H3,(H2,16,19)(H,17,18). The number of benzene rings is 1. The predicted molar refractivity (Wildman–Crippen MR) is 81.1 cm³/mol. The number of hydrogen-bond acceptors (Lipinski definition) is 5. The molecule has 1 aromatic carbocycles. The van der Waals surface area contributed by atoms with Crippen molar-refractivity contribution in [3.63, 3.8) is 0 Å². The van der Waals surface area contributed by atoms with E-state index in [9.17, 15) is 4.79 Å². The zero-order valence-electron chi connectivity index (χ0n) is 10.7. The fourth-order valence-corrected chi connectivity index (χ4v) is 2.12. The molecule has 0 aliphatic rings. The van der Waals surface area contributed by atoms with Crippen molar-refractivity contribution in [2.24, 2.45) is 5.73 Å². The van der Waals surface area contributed by atoms with Crippen molar-refractivity contribution in [1.82, 2.24) is 4.98 Å². The molecule has 0 radical (unpaired) electrons. The lowest BCUT2D eigenvalue weighted by Crippen LogP contribution is -2.14. The molecule has 2 aromatic rings. The van der Waals surface area contributed by atoms with Gasteiger partial charge >= 0.3 is 0 Å². The van der Waals surface area contributed by atoms with Gasteiger partial charge in [0.25, 0.3) is 5.91 Å². The third-order valence-electron chi connectivity index (χ3n) is 2.58. The van der Waals surface area contributed by atoms with E-state index in [4.69, 9.17) is 16.2 Å². The van der Waals surface area contributed by atoms with Crippen LogP contribution in [0.25, 0.3) is 0 Å². The summed E-state index contributed by atoms with van der Waals surface area (Å²) in [6, 6.07) is 6.98. The van der Waals surface area contributed by atoms with E-state index in [1.54, 1.807) is 13.2 Å². The Morgan fingerprint density at radius 2 is 2.10 bits per heavy atom. The minimum Gasteiger partial charge on any atom is -0.497 e. The number of anilines is 3. The van der Waals surface area contributed by atoms with E-state index in [1.807, 2.05) is 12.1 Å².